The summed E-state index contributed by atoms with van der Waals surface area (Å²) in [6.45, 7) is 4.18. The molecule has 4 rings (SSSR count). The maximum atomic E-state index is 13.1. The first-order valence-electron chi connectivity index (χ1n) is 12.2. The molecule has 0 amide bonds. The molecule has 0 spiro atoms. The molecule has 0 bridgehead atoms. The fourth-order valence-electron chi connectivity index (χ4n) is 4.95. The SMILES string of the molecule is COC(=O)CC(c1ccc(OC)c(OC)c1OC)c1c(Cc2ccc3c(c2)CCC(C)(C)O3)[nH][nH]c1=O. The van der Waals surface area contributed by atoms with Crippen LogP contribution in [0.2, 0.25) is 0 Å². The van der Waals surface area contributed by atoms with Gasteiger partial charge in [0.2, 0.25) is 5.75 Å². The summed E-state index contributed by atoms with van der Waals surface area (Å²) < 4.78 is 27.7. The summed E-state index contributed by atoms with van der Waals surface area (Å²) in [6.07, 6.45) is 2.23. The van der Waals surface area contributed by atoms with Gasteiger partial charge in [-0.2, -0.15) is 0 Å². The zero-order chi connectivity index (χ0) is 26.7. The fourth-order valence-corrected chi connectivity index (χ4v) is 4.95. The lowest BCUT2D eigenvalue weighted by Gasteiger charge is -2.32. The number of rotatable bonds is 9. The molecule has 0 fully saturated rings. The maximum absolute atomic E-state index is 13.1. The predicted octanol–water partition coefficient (Wildman–Crippen LogP) is 4.12. The van der Waals surface area contributed by atoms with E-state index in [1.54, 1.807) is 12.1 Å². The molecule has 0 radical (unpaired) electrons. The topological polar surface area (TPSA) is 112 Å². The van der Waals surface area contributed by atoms with Crippen molar-refractivity contribution < 1.29 is 28.5 Å². The molecule has 0 aliphatic carbocycles. The average Bonchev–Trinajstić information content (AvgIpc) is 3.25. The normalized spacial score (nSPS) is 14.8. The number of fused-ring (bicyclic) bond motifs is 1. The number of carbonyl (C=O) groups is 1. The first-order chi connectivity index (χ1) is 17.7. The van der Waals surface area contributed by atoms with Crippen LogP contribution in [0.15, 0.2) is 35.1 Å². The molecule has 198 valence electrons. The van der Waals surface area contributed by atoms with Crippen molar-refractivity contribution in [1.29, 1.82) is 0 Å². The Morgan fingerprint density at radius 3 is 2.46 bits per heavy atom. The molecule has 1 unspecified atom stereocenters. The Kier molecular flexibility index (Phi) is 7.52. The number of hydrogen-bond acceptors (Lipinski definition) is 7. The lowest BCUT2D eigenvalue weighted by atomic mass is 9.86. The van der Waals surface area contributed by atoms with Crippen LogP contribution < -0.4 is 24.5 Å². The van der Waals surface area contributed by atoms with Crippen molar-refractivity contribution in [2.45, 2.75) is 51.0 Å². The van der Waals surface area contributed by atoms with Gasteiger partial charge in [-0.1, -0.05) is 18.2 Å². The Labute approximate surface area is 216 Å². The molecular weight excluding hydrogens is 476 g/mol. The van der Waals surface area contributed by atoms with E-state index in [0.29, 0.717) is 40.5 Å². The summed E-state index contributed by atoms with van der Waals surface area (Å²) in [5.74, 6) is 1.01. The van der Waals surface area contributed by atoms with Gasteiger partial charge in [-0.25, -0.2) is 0 Å². The molecule has 2 aromatic carbocycles. The lowest BCUT2D eigenvalue weighted by molar-refractivity contribution is -0.140. The quantitative estimate of drug-likeness (QED) is 0.417. The number of hydrogen-bond donors (Lipinski definition) is 2. The summed E-state index contributed by atoms with van der Waals surface area (Å²) in [6, 6.07) is 9.61. The van der Waals surface area contributed by atoms with E-state index in [4.69, 9.17) is 23.7 Å². The van der Waals surface area contributed by atoms with E-state index in [-0.39, 0.29) is 17.6 Å². The van der Waals surface area contributed by atoms with Crippen molar-refractivity contribution in [2.75, 3.05) is 28.4 Å². The predicted molar refractivity (Wildman–Crippen MR) is 138 cm³/mol. The first kappa shape index (κ1) is 26.2. The van der Waals surface area contributed by atoms with Crippen LogP contribution >= 0.6 is 0 Å². The second-order valence-electron chi connectivity index (χ2n) is 9.71. The van der Waals surface area contributed by atoms with Crippen molar-refractivity contribution in [2.24, 2.45) is 0 Å². The van der Waals surface area contributed by atoms with E-state index in [1.165, 1.54) is 28.4 Å². The Balaban J connectivity index is 1.78. The highest BCUT2D eigenvalue weighted by Crippen LogP contribution is 2.45. The van der Waals surface area contributed by atoms with Gasteiger partial charge in [-0.3, -0.25) is 14.7 Å². The van der Waals surface area contributed by atoms with Crippen molar-refractivity contribution >= 4 is 5.97 Å². The minimum atomic E-state index is -0.658. The Morgan fingerprint density at radius 2 is 1.78 bits per heavy atom. The van der Waals surface area contributed by atoms with Gasteiger partial charge < -0.3 is 28.8 Å². The second-order valence-corrected chi connectivity index (χ2v) is 9.71. The molecule has 1 aliphatic heterocycles. The largest absolute Gasteiger partial charge is 0.493 e. The van der Waals surface area contributed by atoms with Gasteiger partial charge in [0.1, 0.15) is 11.4 Å². The molecule has 37 heavy (non-hydrogen) atoms. The Bertz CT molecular complexity index is 1340. The summed E-state index contributed by atoms with van der Waals surface area (Å²) in [5.41, 5.74) is 3.38. The summed E-state index contributed by atoms with van der Waals surface area (Å²) in [4.78, 5) is 25.6. The highest BCUT2D eigenvalue weighted by Gasteiger charge is 2.31. The summed E-state index contributed by atoms with van der Waals surface area (Å²) >= 11 is 0. The second kappa shape index (κ2) is 10.6. The number of aromatic nitrogens is 2. The number of benzene rings is 2. The number of ether oxygens (including phenoxy) is 5. The third kappa shape index (κ3) is 5.30. The first-order valence-corrected chi connectivity index (χ1v) is 12.2. The maximum Gasteiger partial charge on any atom is 0.306 e. The third-order valence-corrected chi connectivity index (χ3v) is 6.84. The van der Waals surface area contributed by atoms with Crippen LogP contribution in [0.25, 0.3) is 0 Å². The van der Waals surface area contributed by atoms with Gasteiger partial charge in [-0.05, 0) is 49.9 Å². The minimum absolute atomic E-state index is 0.0661. The molecule has 0 saturated heterocycles. The summed E-state index contributed by atoms with van der Waals surface area (Å²) in [5, 5.41) is 5.73. The number of H-pyrrole nitrogens is 2. The molecule has 0 saturated carbocycles. The average molecular weight is 511 g/mol. The molecule has 2 N–H and O–H groups in total. The molecule has 2 heterocycles. The highest BCUT2D eigenvalue weighted by molar-refractivity contribution is 5.72. The molecule has 1 atom stereocenters. The van der Waals surface area contributed by atoms with E-state index in [9.17, 15) is 9.59 Å². The number of nitrogens with one attached hydrogen (secondary N) is 2. The number of aromatic amines is 2. The van der Waals surface area contributed by atoms with Crippen LogP contribution in [0.4, 0.5) is 0 Å². The van der Waals surface area contributed by atoms with Crippen LogP contribution in [0.3, 0.4) is 0 Å². The summed E-state index contributed by atoms with van der Waals surface area (Å²) in [7, 11) is 5.87. The number of carbonyl (C=O) groups excluding carboxylic acids is 1. The van der Waals surface area contributed by atoms with E-state index in [0.717, 1.165) is 29.7 Å². The molecule has 9 heteroatoms. The van der Waals surface area contributed by atoms with Crippen molar-refractivity contribution in [1.82, 2.24) is 10.2 Å². The van der Waals surface area contributed by atoms with Crippen LogP contribution in [0.5, 0.6) is 23.0 Å². The van der Waals surface area contributed by atoms with Gasteiger partial charge >= 0.3 is 5.97 Å². The van der Waals surface area contributed by atoms with Crippen molar-refractivity contribution in [3.8, 4) is 23.0 Å². The van der Waals surface area contributed by atoms with Crippen LogP contribution in [0.1, 0.15) is 60.6 Å². The van der Waals surface area contributed by atoms with Crippen LogP contribution in [-0.2, 0) is 22.4 Å². The highest BCUT2D eigenvalue weighted by atomic mass is 16.5. The minimum Gasteiger partial charge on any atom is -0.493 e. The monoisotopic (exact) mass is 510 g/mol. The molecule has 9 nitrogen and oxygen atoms in total. The lowest BCUT2D eigenvalue weighted by Crippen LogP contribution is -2.32. The van der Waals surface area contributed by atoms with Gasteiger partial charge in [0, 0.05) is 29.2 Å². The van der Waals surface area contributed by atoms with Gasteiger partial charge in [-0.15, -0.1) is 0 Å². The van der Waals surface area contributed by atoms with E-state index >= 15 is 0 Å². The van der Waals surface area contributed by atoms with E-state index in [1.807, 2.05) is 12.1 Å². The van der Waals surface area contributed by atoms with E-state index in [2.05, 4.69) is 30.1 Å². The fraction of sp³-hybridized carbons (Fsp3) is 0.429. The number of methoxy groups -OCH3 is 4. The molecule has 1 aromatic heterocycles. The van der Waals surface area contributed by atoms with Gasteiger partial charge in [0.15, 0.2) is 11.5 Å². The molecule has 1 aliphatic rings. The third-order valence-electron chi connectivity index (χ3n) is 6.84. The Morgan fingerprint density at radius 1 is 1.03 bits per heavy atom. The van der Waals surface area contributed by atoms with Crippen LogP contribution in [-0.4, -0.2) is 50.2 Å². The van der Waals surface area contributed by atoms with Crippen molar-refractivity contribution in [3.05, 3.63) is 68.6 Å². The number of esters is 1. The van der Waals surface area contributed by atoms with E-state index < -0.39 is 11.9 Å². The Hall–Kier alpha value is -3.88. The standard InChI is InChI=1S/C28H34N2O7/c1-28(2)12-11-17-13-16(7-9-21(17)37-28)14-20-24(27(32)30-29-20)19(15-23(31)34-4)18-8-10-22(33-3)26(36-6)25(18)35-5/h7-10,13,19H,11-12,14-15H2,1-6H3,(H2,29,30,32). The van der Waals surface area contributed by atoms with Crippen LogP contribution in [0, 0.1) is 0 Å². The molecular formula is C28H34N2O7. The zero-order valence-electron chi connectivity index (χ0n) is 22.2. The number of aryl methyl sites for hydroxylation is 1. The van der Waals surface area contributed by atoms with Crippen molar-refractivity contribution in [3.63, 3.8) is 0 Å². The zero-order valence-corrected chi connectivity index (χ0v) is 22.2. The van der Waals surface area contributed by atoms with Gasteiger partial charge in [0.25, 0.3) is 5.56 Å². The smallest absolute Gasteiger partial charge is 0.306 e. The van der Waals surface area contributed by atoms with Gasteiger partial charge in [0.05, 0.1) is 34.9 Å². The molecule has 3 aromatic rings.